The first-order valence-corrected chi connectivity index (χ1v) is 10.2. The minimum atomic E-state index is -0.892. The molecule has 0 radical (unpaired) electrons. The fourth-order valence-corrected chi connectivity index (χ4v) is 3.76. The Hall–Kier alpha value is -2.99. The van der Waals surface area contributed by atoms with Crippen LogP contribution in [0.1, 0.15) is 19.8 Å². The van der Waals surface area contributed by atoms with Crippen molar-refractivity contribution in [2.45, 2.75) is 25.9 Å². The van der Waals surface area contributed by atoms with Crippen molar-refractivity contribution in [1.82, 2.24) is 14.9 Å². The first kappa shape index (κ1) is 19.3. The van der Waals surface area contributed by atoms with Crippen LogP contribution >= 0.6 is 0 Å². The molecule has 2 heterocycles. The van der Waals surface area contributed by atoms with E-state index in [0.29, 0.717) is 38.4 Å². The van der Waals surface area contributed by atoms with E-state index in [1.807, 2.05) is 61.5 Å². The topological polar surface area (TPSA) is 69.6 Å². The highest BCUT2D eigenvalue weighted by molar-refractivity contribution is 5.91. The highest BCUT2D eigenvalue weighted by atomic mass is 16.3. The molecule has 1 aliphatic rings. The molecule has 1 unspecified atom stereocenters. The van der Waals surface area contributed by atoms with Crippen LogP contribution in [0, 0.1) is 0 Å². The molecule has 6 nitrogen and oxygen atoms in total. The number of piperazine rings is 1. The summed E-state index contributed by atoms with van der Waals surface area (Å²) in [5.74, 6) is 1.44. The van der Waals surface area contributed by atoms with E-state index in [0.717, 1.165) is 28.7 Å². The molecule has 3 aromatic rings. The lowest BCUT2D eigenvalue weighted by molar-refractivity contribution is -0.140. The number of fused-ring (bicyclic) bond motifs is 1. The highest BCUT2D eigenvalue weighted by Crippen LogP contribution is 2.28. The molecule has 4 rings (SSSR count). The van der Waals surface area contributed by atoms with Crippen LogP contribution in [0.3, 0.4) is 0 Å². The summed E-state index contributed by atoms with van der Waals surface area (Å²) in [6, 6.07) is 18.0. The lowest BCUT2D eigenvalue weighted by Gasteiger charge is -2.36. The lowest BCUT2D eigenvalue weighted by Crippen LogP contribution is -2.51. The first-order chi connectivity index (χ1) is 14.2. The molecule has 150 valence electrons. The zero-order valence-electron chi connectivity index (χ0n) is 16.7. The van der Waals surface area contributed by atoms with E-state index < -0.39 is 6.10 Å². The number of amides is 1. The smallest absolute Gasteiger partial charge is 0.251 e. The Balaban J connectivity index is 1.60. The number of rotatable bonds is 5. The van der Waals surface area contributed by atoms with Crippen molar-refractivity contribution in [2.75, 3.05) is 31.1 Å². The van der Waals surface area contributed by atoms with E-state index in [-0.39, 0.29) is 5.91 Å². The van der Waals surface area contributed by atoms with Gasteiger partial charge in [-0.25, -0.2) is 9.97 Å². The Bertz CT molecular complexity index is 985. The number of carbonyl (C=O) groups is 1. The number of benzene rings is 2. The summed E-state index contributed by atoms with van der Waals surface area (Å²) in [7, 11) is 0. The number of anilines is 1. The van der Waals surface area contributed by atoms with Crippen molar-refractivity contribution in [3.8, 4) is 11.4 Å². The Morgan fingerprint density at radius 3 is 2.41 bits per heavy atom. The molecule has 2 aromatic carbocycles. The van der Waals surface area contributed by atoms with Crippen LogP contribution in [0.25, 0.3) is 22.3 Å². The van der Waals surface area contributed by atoms with Gasteiger partial charge >= 0.3 is 0 Å². The lowest BCUT2D eigenvalue weighted by atomic mass is 10.1. The number of hydrogen-bond donors (Lipinski definition) is 1. The second kappa shape index (κ2) is 8.57. The molecule has 0 saturated carbocycles. The summed E-state index contributed by atoms with van der Waals surface area (Å²) in [6.07, 6.45) is 0.411. The molecule has 1 atom stereocenters. The van der Waals surface area contributed by atoms with E-state index in [1.165, 1.54) is 0 Å². The summed E-state index contributed by atoms with van der Waals surface area (Å²) in [5.41, 5.74) is 1.89. The monoisotopic (exact) mass is 390 g/mol. The zero-order valence-corrected chi connectivity index (χ0v) is 16.7. The Labute approximate surface area is 170 Å². The van der Waals surface area contributed by atoms with Gasteiger partial charge in [0.15, 0.2) is 5.82 Å². The standard InChI is InChI=1S/C23H26N4O2/c1-2-8-20(28)23(29)27-15-13-26(14-16-27)22-18-11-6-7-12-19(18)24-21(25-22)17-9-4-3-5-10-17/h3-7,9-12,20,28H,2,8,13-16H2,1H3. The minimum absolute atomic E-state index is 0.163. The van der Waals surface area contributed by atoms with Gasteiger partial charge < -0.3 is 14.9 Å². The van der Waals surface area contributed by atoms with E-state index in [9.17, 15) is 9.90 Å². The normalized spacial score (nSPS) is 15.5. The number of aromatic nitrogens is 2. The van der Waals surface area contributed by atoms with Gasteiger partial charge in [0.05, 0.1) is 5.52 Å². The maximum absolute atomic E-state index is 12.4. The second-order valence-electron chi connectivity index (χ2n) is 7.37. The third-order valence-electron chi connectivity index (χ3n) is 5.35. The fraction of sp³-hybridized carbons (Fsp3) is 0.348. The molecule has 0 aliphatic carbocycles. The van der Waals surface area contributed by atoms with Crippen molar-refractivity contribution in [3.63, 3.8) is 0 Å². The quantitative estimate of drug-likeness (QED) is 0.725. The molecular formula is C23H26N4O2. The third-order valence-corrected chi connectivity index (χ3v) is 5.35. The molecule has 0 spiro atoms. The van der Waals surface area contributed by atoms with Crippen LogP contribution in [0.5, 0.6) is 0 Å². The van der Waals surface area contributed by atoms with Crippen molar-refractivity contribution in [2.24, 2.45) is 0 Å². The van der Waals surface area contributed by atoms with Crippen LogP contribution < -0.4 is 4.90 Å². The molecule has 0 bridgehead atoms. The number of carbonyl (C=O) groups excluding carboxylic acids is 1. The van der Waals surface area contributed by atoms with Gasteiger partial charge in [0.1, 0.15) is 11.9 Å². The predicted molar refractivity (Wildman–Crippen MR) is 115 cm³/mol. The van der Waals surface area contributed by atoms with Gasteiger partial charge in [-0.3, -0.25) is 4.79 Å². The van der Waals surface area contributed by atoms with Crippen LogP contribution in [0.2, 0.25) is 0 Å². The van der Waals surface area contributed by atoms with Gasteiger partial charge in [-0.2, -0.15) is 0 Å². The third kappa shape index (κ3) is 4.07. The summed E-state index contributed by atoms with van der Waals surface area (Å²) < 4.78 is 0. The van der Waals surface area contributed by atoms with Crippen LogP contribution in [-0.4, -0.2) is 58.2 Å². The van der Waals surface area contributed by atoms with Gasteiger partial charge in [0, 0.05) is 37.1 Å². The van der Waals surface area contributed by atoms with Crippen molar-refractivity contribution >= 4 is 22.6 Å². The number of nitrogens with zero attached hydrogens (tertiary/aromatic N) is 4. The van der Waals surface area contributed by atoms with Gasteiger partial charge in [-0.1, -0.05) is 55.8 Å². The van der Waals surface area contributed by atoms with Crippen molar-refractivity contribution < 1.29 is 9.90 Å². The summed E-state index contributed by atoms with van der Waals surface area (Å²) in [4.78, 5) is 26.0. The van der Waals surface area contributed by atoms with Crippen molar-refractivity contribution in [1.29, 1.82) is 0 Å². The molecule has 1 aliphatic heterocycles. The molecule has 1 fully saturated rings. The largest absolute Gasteiger partial charge is 0.383 e. The van der Waals surface area contributed by atoms with Crippen LogP contribution in [0.4, 0.5) is 5.82 Å². The molecule has 1 N–H and O–H groups in total. The van der Waals surface area contributed by atoms with Crippen molar-refractivity contribution in [3.05, 3.63) is 54.6 Å². The van der Waals surface area contributed by atoms with Crippen LogP contribution in [0.15, 0.2) is 54.6 Å². The van der Waals surface area contributed by atoms with E-state index >= 15 is 0 Å². The van der Waals surface area contributed by atoms with Crippen LogP contribution in [-0.2, 0) is 4.79 Å². The Morgan fingerprint density at radius 2 is 1.69 bits per heavy atom. The second-order valence-corrected chi connectivity index (χ2v) is 7.37. The molecular weight excluding hydrogens is 364 g/mol. The Morgan fingerprint density at radius 1 is 1.00 bits per heavy atom. The zero-order chi connectivity index (χ0) is 20.2. The average molecular weight is 390 g/mol. The van der Waals surface area contributed by atoms with Gasteiger partial charge in [-0.15, -0.1) is 0 Å². The number of para-hydroxylation sites is 1. The van der Waals surface area contributed by atoms with Gasteiger partial charge in [0.25, 0.3) is 5.91 Å². The summed E-state index contributed by atoms with van der Waals surface area (Å²) >= 11 is 0. The van der Waals surface area contributed by atoms with E-state index in [4.69, 9.17) is 9.97 Å². The Kier molecular flexibility index (Phi) is 5.71. The van der Waals surface area contributed by atoms with E-state index in [2.05, 4.69) is 4.90 Å². The molecule has 6 heteroatoms. The predicted octanol–water partition coefficient (Wildman–Crippen LogP) is 3.11. The van der Waals surface area contributed by atoms with Gasteiger partial charge in [-0.05, 0) is 18.6 Å². The number of aliphatic hydroxyl groups is 1. The van der Waals surface area contributed by atoms with Gasteiger partial charge in [0.2, 0.25) is 0 Å². The number of aliphatic hydroxyl groups excluding tert-OH is 1. The van der Waals surface area contributed by atoms with E-state index in [1.54, 1.807) is 4.90 Å². The fourth-order valence-electron chi connectivity index (χ4n) is 3.76. The maximum atomic E-state index is 12.4. The first-order valence-electron chi connectivity index (χ1n) is 10.2. The molecule has 1 saturated heterocycles. The maximum Gasteiger partial charge on any atom is 0.251 e. The highest BCUT2D eigenvalue weighted by Gasteiger charge is 2.27. The average Bonchev–Trinajstić information content (AvgIpc) is 2.78. The minimum Gasteiger partial charge on any atom is -0.383 e. The molecule has 1 amide bonds. The summed E-state index contributed by atoms with van der Waals surface area (Å²) in [6.45, 7) is 4.50. The number of hydrogen-bond acceptors (Lipinski definition) is 5. The molecule has 29 heavy (non-hydrogen) atoms. The summed E-state index contributed by atoms with van der Waals surface area (Å²) in [5, 5.41) is 11.0. The molecule has 1 aromatic heterocycles. The SMILES string of the molecule is CCCC(O)C(=O)N1CCN(c2nc(-c3ccccc3)nc3ccccc23)CC1.